The number of carbonyl (C=O) groups excluding carboxylic acids is 1. The molecule has 4 aromatic rings. The fourth-order valence-corrected chi connectivity index (χ4v) is 4.84. The average Bonchev–Trinajstić information content (AvgIpc) is 3.03. The van der Waals surface area contributed by atoms with Crippen molar-refractivity contribution in [3.8, 4) is 34.3 Å². The number of benzene rings is 3. The molecule has 1 fully saturated rings. The van der Waals surface area contributed by atoms with Crippen molar-refractivity contribution >= 4 is 23.0 Å². The van der Waals surface area contributed by atoms with E-state index in [0.717, 1.165) is 17.7 Å². The Bertz CT molecular complexity index is 1710. The smallest absolute Gasteiger partial charge is 0.331 e. The Kier molecular flexibility index (Phi) is 9.16. The van der Waals surface area contributed by atoms with Crippen LogP contribution in [0.2, 0.25) is 0 Å². The van der Waals surface area contributed by atoms with Crippen LogP contribution in [0.25, 0.3) is 28.4 Å². The van der Waals surface area contributed by atoms with E-state index in [2.05, 4.69) is 0 Å². The number of phenols is 1. The highest BCUT2D eigenvalue weighted by Crippen LogP contribution is 2.42. The zero-order valence-corrected chi connectivity index (χ0v) is 23.7. The van der Waals surface area contributed by atoms with Crippen LogP contribution in [0, 0.1) is 0 Å². The summed E-state index contributed by atoms with van der Waals surface area (Å²) in [7, 11) is 2.72. The van der Waals surface area contributed by atoms with Crippen LogP contribution in [-0.4, -0.2) is 77.9 Å². The Balaban J connectivity index is 1.45. The molecule has 1 aliphatic rings. The van der Waals surface area contributed by atoms with E-state index in [9.17, 15) is 30.0 Å². The Morgan fingerprint density at radius 1 is 0.955 bits per heavy atom. The number of aliphatic hydroxyl groups is 3. The van der Waals surface area contributed by atoms with E-state index in [4.69, 9.17) is 28.1 Å². The summed E-state index contributed by atoms with van der Waals surface area (Å²) in [5.41, 5.74) is 0.324. The maximum absolute atomic E-state index is 13.1. The van der Waals surface area contributed by atoms with Crippen molar-refractivity contribution in [3.63, 3.8) is 0 Å². The number of methoxy groups -OCH3 is 2. The topological polar surface area (TPSA) is 174 Å². The summed E-state index contributed by atoms with van der Waals surface area (Å²) in [6.45, 7) is -0.673. The lowest BCUT2D eigenvalue weighted by Gasteiger charge is -2.41. The molecule has 0 saturated carbocycles. The SMILES string of the molecule is COc1cc(O)c2c(=O)cc(-c3ccccc3O[C@@H]3O[C@H](CO)[C@@H](O)[C@H](OC(=O)/C=C/c4ccccc4)[C@H]3O)oc2c1OC. The standard InChI is InChI=1S/C32H30O12/c1-39-23-15-20(35)26-19(34)14-22(41-30(26)29(23)40-2)18-10-6-7-11-21(18)42-32-28(38)31(27(37)24(16-33)43-32)44-25(36)13-12-17-8-4-3-5-9-17/h3-15,24,27-28,31-33,35,37-38H,16H2,1-2H3/b13-12+/t24-,27-,28-,31+,32-/m1/s1. The predicted octanol–water partition coefficient (Wildman–Crippen LogP) is 2.63. The first-order valence-electron chi connectivity index (χ1n) is 13.5. The van der Waals surface area contributed by atoms with Gasteiger partial charge in [0.2, 0.25) is 12.0 Å². The second kappa shape index (κ2) is 13.2. The first-order chi connectivity index (χ1) is 21.2. The van der Waals surface area contributed by atoms with Crippen molar-refractivity contribution in [1.82, 2.24) is 0 Å². The zero-order chi connectivity index (χ0) is 31.4. The molecule has 0 amide bonds. The fraction of sp³-hybridized carbons (Fsp3) is 0.250. The van der Waals surface area contributed by atoms with E-state index in [1.54, 1.807) is 42.5 Å². The van der Waals surface area contributed by atoms with Gasteiger partial charge in [0.25, 0.3) is 0 Å². The second-order valence-corrected chi connectivity index (χ2v) is 9.78. The quantitative estimate of drug-likeness (QED) is 0.162. The lowest BCUT2D eigenvalue weighted by atomic mass is 9.99. The van der Waals surface area contributed by atoms with Gasteiger partial charge >= 0.3 is 5.97 Å². The molecule has 5 atom stereocenters. The summed E-state index contributed by atoms with van der Waals surface area (Å²) in [6.07, 6.45) is -4.94. The molecule has 2 heterocycles. The van der Waals surface area contributed by atoms with Crippen LogP contribution >= 0.6 is 0 Å². The lowest BCUT2D eigenvalue weighted by molar-refractivity contribution is -0.280. The van der Waals surface area contributed by atoms with E-state index < -0.39 is 48.7 Å². The van der Waals surface area contributed by atoms with Crippen molar-refractivity contribution in [2.24, 2.45) is 0 Å². The predicted molar refractivity (Wildman–Crippen MR) is 156 cm³/mol. The summed E-state index contributed by atoms with van der Waals surface area (Å²) in [6, 6.07) is 17.7. The molecule has 12 heteroatoms. The molecule has 230 valence electrons. The average molecular weight is 607 g/mol. The lowest BCUT2D eigenvalue weighted by Crippen LogP contribution is -2.61. The highest BCUT2D eigenvalue weighted by molar-refractivity contribution is 5.92. The Morgan fingerprint density at radius 3 is 2.39 bits per heavy atom. The third-order valence-electron chi connectivity index (χ3n) is 7.01. The van der Waals surface area contributed by atoms with Gasteiger partial charge in [0.05, 0.1) is 26.4 Å². The monoisotopic (exact) mass is 606 g/mol. The Labute approximate surface area is 250 Å². The molecule has 1 saturated heterocycles. The second-order valence-electron chi connectivity index (χ2n) is 9.78. The minimum atomic E-state index is -1.69. The number of aliphatic hydroxyl groups excluding tert-OH is 3. The van der Waals surface area contributed by atoms with Crippen LogP contribution in [0.3, 0.4) is 0 Å². The molecule has 0 radical (unpaired) electrons. The number of aromatic hydroxyl groups is 1. The first-order valence-corrected chi connectivity index (χ1v) is 13.5. The number of hydrogen-bond donors (Lipinski definition) is 4. The molecular weight excluding hydrogens is 576 g/mol. The van der Waals surface area contributed by atoms with Gasteiger partial charge in [-0.15, -0.1) is 0 Å². The van der Waals surface area contributed by atoms with Crippen molar-refractivity contribution in [1.29, 1.82) is 0 Å². The maximum Gasteiger partial charge on any atom is 0.331 e. The zero-order valence-electron chi connectivity index (χ0n) is 23.7. The van der Waals surface area contributed by atoms with E-state index in [1.165, 1.54) is 32.4 Å². The Hall–Kier alpha value is -4.88. The van der Waals surface area contributed by atoms with E-state index >= 15 is 0 Å². The Morgan fingerprint density at radius 2 is 1.68 bits per heavy atom. The summed E-state index contributed by atoms with van der Waals surface area (Å²) in [5, 5.41) is 42.0. The summed E-state index contributed by atoms with van der Waals surface area (Å²) >= 11 is 0. The molecule has 44 heavy (non-hydrogen) atoms. The van der Waals surface area contributed by atoms with Gasteiger partial charge in [0.15, 0.2) is 29.0 Å². The highest BCUT2D eigenvalue weighted by atomic mass is 16.7. The molecule has 0 unspecified atom stereocenters. The molecule has 5 rings (SSSR count). The fourth-order valence-electron chi connectivity index (χ4n) is 4.84. The molecule has 3 aromatic carbocycles. The third kappa shape index (κ3) is 6.10. The van der Waals surface area contributed by atoms with Gasteiger partial charge in [-0.2, -0.15) is 0 Å². The molecular formula is C32H30O12. The van der Waals surface area contributed by atoms with Crippen LogP contribution in [0.1, 0.15) is 5.56 Å². The number of phenolic OH excluding ortho intramolecular Hbond substituents is 1. The van der Waals surface area contributed by atoms with Gasteiger partial charge in [-0.1, -0.05) is 42.5 Å². The number of esters is 1. The van der Waals surface area contributed by atoms with Gasteiger partial charge in [0.1, 0.15) is 34.9 Å². The first kappa shape index (κ1) is 30.6. The molecule has 1 aromatic heterocycles. The molecule has 12 nitrogen and oxygen atoms in total. The molecule has 0 bridgehead atoms. The van der Waals surface area contributed by atoms with Crippen LogP contribution < -0.4 is 19.6 Å². The van der Waals surface area contributed by atoms with Gasteiger partial charge in [-0.3, -0.25) is 4.79 Å². The number of rotatable bonds is 9. The number of carbonyl (C=O) groups is 1. The number of ether oxygens (including phenoxy) is 5. The van der Waals surface area contributed by atoms with Gasteiger partial charge in [-0.05, 0) is 23.8 Å². The van der Waals surface area contributed by atoms with Crippen LogP contribution in [0.4, 0.5) is 0 Å². The third-order valence-corrected chi connectivity index (χ3v) is 7.01. The van der Waals surface area contributed by atoms with Crippen LogP contribution in [-0.2, 0) is 14.3 Å². The van der Waals surface area contributed by atoms with Crippen molar-refractivity contribution < 1.29 is 53.3 Å². The van der Waals surface area contributed by atoms with Crippen LogP contribution in [0.5, 0.6) is 23.0 Å². The summed E-state index contributed by atoms with van der Waals surface area (Å²) < 4.78 is 33.6. The minimum absolute atomic E-state index is 0.0159. The number of para-hydroxylation sites is 1. The normalized spacial score (nSPS) is 21.7. The summed E-state index contributed by atoms with van der Waals surface area (Å²) in [4.78, 5) is 25.7. The number of fused-ring (bicyclic) bond motifs is 1. The van der Waals surface area contributed by atoms with Gasteiger partial charge in [0, 0.05) is 18.2 Å². The van der Waals surface area contributed by atoms with Crippen molar-refractivity contribution in [3.05, 3.63) is 88.6 Å². The van der Waals surface area contributed by atoms with E-state index in [1.807, 2.05) is 6.07 Å². The summed E-state index contributed by atoms with van der Waals surface area (Å²) in [5.74, 6) is -0.910. The largest absolute Gasteiger partial charge is 0.507 e. The van der Waals surface area contributed by atoms with E-state index in [-0.39, 0.29) is 45.3 Å². The van der Waals surface area contributed by atoms with Crippen molar-refractivity contribution in [2.45, 2.75) is 30.7 Å². The molecule has 4 N–H and O–H groups in total. The van der Waals surface area contributed by atoms with E-state index in [0.29, 0.717) is 0 Å². The van der Waals surface area contributed by atoms with Crippen molar-refractivity contribution in [2.75, 3.05) is 20.8 Å². The molecule has 0 spiro atoms. The van der Waals surface area contributed by atoms with Gasteiger partial charge < -0.3 is 48.5 Å². The van der Waals surface area contributed by atoms with Crippen LogP contribution in [0.15, 0.2) is 82.0 Å². The van der Waals surface area contributed by atoms with Gasteiger partial charge in [-0.25, -0.2) is 4.79 Å². The molecule has 1 aliphatic heterocycles. The minimum Gasteiger partial charge on any atom is -0.507 e. The molecule has 0 aliphatic carbocycles. The maximum atomic E-state index is 13.1. The number of hydrogen-bond acceptors (Lipinski definition) is 12. The highest BCUT2D eigenvalue weighted by Gasteiger charge is 2.48.